The number of alkyl halides is 3. The van der Waals surface area contributed by atoms with Crippen molar-refractivity contribution in [1.82, 2.24) is 4.90 Å². The Morgan fingerprint density at radius 1 is 1.19 bits per heavy atom. The molecule has 0 saturated carbocycles. The van der Waals surface area contributed by atoms with Crippen LogP contribution in [0.2, 0.25) is 0 Å². The largest absolute Gasteiger partial charge is 0.386 e. The number of hydrogen-bond donors (Lipinski definition) is 0. The summed E-state index contributed by atoms with van der Waals surface area (Å²) in [6, 6.07) is 0. The van der Waals surface area contributed by atoms with Gasteiger partial charge in [0.05, 0.1) is 0 Å². The zero-order valence-corrected chi connectivity index (χ0v) is 10.5. The fourth-order valence-electron chi connectivity index (χ4n) is 1.13. The lowest BCUT2D eigenvalue weighted by Gasteiger charge is -2.26. The topological polar surface area (TPSA) is 20.3 Å². The molecule has 2 nitrogen and oxygen atoms in total. The fourth-order valence-corrected chi connectivity index (χ4v) is 1.13. The molecule has 98 valence electrons. The lowest BCUT2D eigenvalue weighted by atomic mass is 10.00. The molecule has 0 aromatic heterocycles. The molecule has 0 aliphatic carbocycles. The van der Waals surface area contributed by atoms with Crippen molar-refractivity contribution in [1.29, 1.82) is 0 Å². The van der Waals surface area contributed by atoms with Crippen LogP contribution in [0.15, 0.2) is 0 Å². The van der Waals surface area contributed by atoms with Crippen LogP contribution in [-0.4, -0.2) is 30.6 Å². The van der Waals surface area contributed by atoms with Gasteiger partial charge in [-0.25, -0.2) is 0 Å². The zero-order chi connectivity index (χ0) is 13.2. The Balaban J connectivity index is 0. The summed E-state index contributed by atoms with van der Waals surface area (Å²) in [5.41, 5.74) is 0. The zero-order valence-electron chi connectivity index (χ0n) is 10.5. The number of hydrogen-bond acceptors (Lipinski definition) is 1. The molecule has 1 heterocycles. The van der Waals surface area contributed by atoms with Crippen LogP contribution in [0, 0.1) is 5.92 Å². The van der Waals surface area contributed by atoms with Crippen LogP contribution in [0.25, 0.3) is 0 Å². The summed E-state index contributed by atoms with van der Waals surface area (Å²) in [6.07, 6.45) is -0.691. The third-order valence-corrected chi connectivity index (χ3v) is 1.97. The fraction of sp³-hybridized carbons (Fsp3) is 0.909. The van der Waals surface area contributed by atoms with Crippen molar-refractivity contribution in [3.63, 3.8) is 0 Å². The van der Waals surface area contributed by atoms with Gasteiger partial charge in [0.25, 0.3) is 0 Å². The molecule has 0 spiro atoms. The number of nitrogens with zero attached hydrogens (tertiary/aromatic N) is 1. The van der Waals surface area contributed by atoms with Crippen LogP contribution in [0.3, 0.4) is 0 Å². The average Bonchev–Trinajstić information content (AvgIpc) is 2.20. The molecule has 1 amide bonds. The summed E-state index contributed by atoms with van der Waals surface area (Å²) in [5, 5.41) is 0. The summed E-state index contributed by atoms with van der Waals surface area (Å²) in [6.45, 7) is 8.35. The van der Waals surface area contributed by atoms with Gasteiger partial charge < -0.3 is 4.90 Å². The van der Waals surface area contributed by atoms with E-state index in [1.807, 2.05) is 18.7 Å². The highest BCUT2D eigenvalue weighted by atomic mass is 19.4. The predicted molar refractivity (Wildman–Crippen MR) is 59.1 cm³/mol. The summed E-state index contributed by atoms with van der Waals surface area (Å²) >= 11 is 0. The van der Waals surface area contributed by atoms with E-state index >= 15 is 0 Å². The first-order valence-corrected chi connectivity index (χ1v) is 5.59. The van der Waals surface area contributed by atoms with Gasteiger partial charge in [-0.1, -0.05) is 20.8 Å². The maximum Gasteiger partial charge on any atom is 0.386 e. The first kappa shape index (κ1) is 17.6. The number of amides is 1. The van der Waals surface area contributed by atoms with Gasteiger partial charge in [0, 0.05) is 20.0 Å². The van der Waals surface area contributed by atoms with E-state index in [0.29, 0.717) is 0 Å². The number of carbonyl (C=O) groups excluding carboxylic acids is 1. The van der Waals surface area contributed by atoms with E-state index in [-0.39, 0.29) is 6.92 Å². The van der Waals surface area contributed by atoms with E-state index < -0.39 is 6.18 Å². The number of rotatable bonds is 1. The average molecular weight is 241 g/mol. The van der Waals surface area contributed by atoms with Crippen molar-refractivity contribution in [2.75, 3.05) is 13.1 Å². The minimum absolute atomic E-state index is 0.188. The van der Waals surface area contributed by atoms with E-state index in [2.05, 4.69) is 6.92 Å². The van der Waals surface area contributed by atoms with Crippen molar-refractivity contribution in [3.05, 3.63) is 0 Å². The Kier molecular flexibility index (Phi) is 10.5. The summed E-state index contributed by atoms with van der Waals surface area (Å²) in [5.74, 6) is 0.821. The standard InChI is InChI=1S/C7H13NO.C2H3F3.C2H6/c1-7-2-4-8(6-9)5-3-7;1-2(3,4)5;1-2/h6-7H,2-5H2,1H3;1H3;1-2H3. The minimum Gasteiger partial charge on any atom is -0.345 e. The van der Waals surface area contributed by atoms with Gasteiger partial charge in [-0.05, 0) is 18.8 Å². The van der Waals surface area contributed by atoms with Crippen LogP contribution < -0.4 is 0 Å². The molecule has 1 aliphatic heterocycles. The normalized spacial score (nSPS) is 16.6. The number of halogens is 3. The molecule has 1 rings (SSSR count). The highest BCUT2D eigenvalue weighted by Crippen LogP contribution is 2.13. The molecule has 1 aliphatic rings. The van der Waals surface area contributed by atoms with Gasteiger partial charge in [-0.2, -0.15) is 13.2 Å². The molecule has 0 radical (unpaired) electrons. The first-order chi connectivity index (χ1) is 7.33. The number of piperidine rings is 1. The summed E-state index contributed by atoms with van der Waals surface area (Å²) in [4.78, 5) is 12.0. The van der Waals surface area contributed by atoms with E-state index in [1.54, 1.807) is 0 Å². The van der Waals surface area contributed by atoms with Crippen LogP contribution in [0.4, 0.5) is 13.2 Å². The smallest absolute Gasteiger partial charge is 0.345 e. The second-order valence-electron chi connectivity index (χ2n) is 3.61. The molecular weight excluding hydrogens is 219 g/mol. The van der Waals surface area contributed by atoms with Gasteiger partial charge in [0.15, 0.2) is 0 Å². The molecule has 5 heteroatoms. The Labute approximate surface area is 95.8 Å². The monoisotopic (exact) mass is 241 g/mol. The van der Waals surface area contributed by atoms with Gasteiger partial charge >= 0.3 is 6.18 Å². The van der Waals surface area contributed by atoms with Crippen molar-refractivity contribution in [2.24, 2.45) is 5.92 Å². The van der Waals surface area contributed by atoms with Crippen LogP contribution >= 0.6 is 0 Å². The SMILES string of the molecule is CC.CC(F)(F)F.CC1CCN(C=O)CC1. The van der Waals surface area contributed by atoms with Crippen molar-refractivity contribution < 1.29 is 18.0 Å². The summed E-state index contributed by atoms with van der Waals surface area (Å²) in [7, 11) is 0. The van der Waals surface area contributed by atoms with Crippen LogP contribution in [0.5, 0.6) is 0 Å². The molecule has 0 aromatic rings. The number of carbonyl (C=O) groups is 1. The van der Waals surface area contributed by atoms with E-state index in [0.717, 1.165) is 25.4 Å². The minimum atomic E-state index is -4.00. The maximum atomic E-state index is 10.4. The van der Waals surface area contributed by atoms with E-state index in [4.69, 9.17) is 0 Å². The quantitative estimate of drug-likeness (QED) is 0.644. The first-order valence-electron chi connectivity index (χ1n) is 5.59. The molecule has 0 unspecified atom stereocenters. The van der Waals surface area contributed by atoms with Crippen LogP contribution in [-0.2, 0) is 4.79 Å². The number of likely N-dealkylation sites (tertiary alicyclic amines) is 1. The Morgan fingerprint density at radius 3 is 1.75 bits per heavy atom. The molecular formula is C11H22F3NO. The second-order valence-corrected chi connectivity index (χ2v) is 3.61. The van der Waals surface area contributed by atoms with Crippen LogP contribution in [0.1, 0.15) is 40.5 Å². The van der Waals surface area contributed by atoms with E-state index in [1.165, 1.54) is 12.8 Å². The molecule has 16 heavy (non-hydrogen) atoms. The van der Waals surface area contributed by atoms with Crippen molar-refractivity contribution >= 4 is 6.41 Å². The lowest BCUT2D eigenvalue weighted by Crippen LogP contribution is -2.31. The molecule has 0 bridgehead atoms. The van der Waals surface area contributed by atoms with Crippen molar-refractivity contribution in [2.45, 2.75) is 46.7 Å². The molecule has 0 N–H and O–H groups in total. The molecule has 0 atom stereocenters. The highest BCUT2D eigenvalue weighted by molar-refractivity contribution is 5.46. The Morgan fingerprint density at radius 2 is 1.50 bits per heavy atom. The Bertz CT molecular complexity index is 157. The van der Waals surface area contributed by atoms with Gasteiger partial charge in [-0.3, -0.25) is 4.79 Å². The predicted octanol–water partition coefficient (Wildman–Crippen LogP) is 3.47. The van der Waals surface area contributed by atoms with Gasteiger partial charge in [-0.15, -0.1) is 0 Å². The van der Waals surface area contributed by atoms with Crippen molar-refractivity contribution in [3.8, 4) is 0 Å². The second kappa shape index (κ2) is 9.48. The van der Waals surface area contributed by atoms with Gasteiger partial charge in [0.1, 0.15) is 0 Å². The molecule has 1 saturated heterocycles. The molecule has 1 fully saturated rings. The maximum absolute atomic E-state index is 10.4. The van der Waals surface area contributed by atoms with E-state index in [9.17, 15) is 18.0 Å². The highest BCUT2D eigenvalue weighted by Gasteiger charge is 2.15. The lowest BCUT2D eigenvalue weighted by molar-refractivity contribution is -0.119. The van der Waals surface area contributed by atoms with Gasteiger partial charge in [0.2, 0.25) is 6.41 Å². The Hall–Kier alpha value is -0.740. The third kappa shape index (κ3) is 15.7. The summed E-state index contributed by atoms with van der Waals surface area (Å²) < 4.78 is 31.1. The molecule has 0 aromatic carbocycles. The third-order valence-electron chi connectivity index (χ3n) is 1.97.